The lowest BCUT2D eigenvalue weighted by Gasteiger charge is -2.27. The maximum absolute atomic E-state index is 13.8. The predicted octanol–water partition coefficient (Wildman–Crippen LogP) is 3.11. The molecule has 20 heavy (non-hydrogen) atoms. The Morgan fingerprint density at radius 3 is 2.10 bits per heavy atom. The van der Waals surface area contributed by atoms with E-state index in [1.807, 2.05) is 0 Å². The summed E-state index contributed by atoms with van der Waals surface area (Å²) in [5.41, 5.74) is -0.321. The Hall–Kier alpha value is -1.56. The van der Waals surface area contributed by atoms with Crippen LogP contribution in [0, 0.1) is 17.5 Å². The van der Waals surface area contributed by atoms with Crippen LogP contribution >= 0.6 is 0 Å². The van der Waals surface area contributed by atoms with E-state index in [-0.39, 0.29) is 5.56 Å². The van der Waals surface area contributed by atoms with Crippen molar-refractivity contribution in [3.63, 3.8) is 0 Å². The van der Waals surface area contributed by atoms with Crippen molar-refractivity contribution in [3.05, 3.63) is 35.1 Å². The van der Waals surface area contributed by atoms with E-state index < -0.39 is 29.5 Å². The third-order valence-electron chi connectivity index (χ3n) is 3.57. The highest BCUT2D eigenvalue weighted by molar-refractivity contribution is 5.75. The summed E-state index contributed by atoms with van der Waals surface area (Å²) in [5.74, 6) is -4.83. The molecule has 1 aromatic rings. The van der Waals surface area contributed by atoms with Gasteiger partial charge in [0.25, 0.3) is 0 Å². The molecule has 1 N–H and O–H groups in total. The highest BCUT2D eigenvalue weighted by Gasteiger charge is 2.31. The van der Waals surface area contributed by atoms with E-state index in [9.17, 15) is 23.1 Å². The molecule has 2 rings (SSSR count). The molecule has 6 heteroatoms. The van der Waals surface area contributed by atoms with Crippen molar-refractivity contribution in [2.45, 2.75) is 31.7 Å². The summed E-state index contributed by atoms with van der Waals surface area (Å²) in [5, 5.41) is 9.33. The summed E-state index contributed by atoms with van der Waals surface area (Å²) in [6.45, 7) is 1.02. The van der Waals surface area contributed by atoms with Crippen LogP contribution in [0.1, 0.15) is 37.3 Å². The van der Waals surface area contributed by atoms with Gasteiger partial charge in [0.2, 0.25) is 0 Å². The van der Waals surface area contributed by atoms with Crippen LogP contribution in [0.15, 0.2) is 12.1 Å². The Kier molecular flexibility index (Phi) is 4.65. The van der Waals surface area contributed by atoms with E-state index in [0.29, 0.717) is 25.2 Å². The second-order valence-electron chi connectivity index (χ2n) is 4.98. The second-order valence-corrected chi connectivity index (χ2v) is 4.98. The number of halogens is 3. The summed E-state index contributed by atoms with van der Waals surface area (Å²) in [6, 6.07) is -0.226. The lowest BCUT2D eigenvalue weighted by atomic mass is 10.0. The molecule has 1 aliphatic heterocycles. The van der Waals surface area contributed by atoms with Crippen LogP contribution in [-0.4, -0.2) is 29.1 Å². The number of aliphatic carboxylic acids is 1. The quantitative estimate of drug-likeness (QED) is 0.868. The summed E-state index contributed by atoms with van der Waals surface area (Å²) in [7, 11) is 0. The Bertz CT molecular complexity index is 499. The molecule has 110 valence electrons. The number of carboxylic acids is 1. The minimum Gasteiger partial charge on any atom is -0.480 e. The minimum atomic E-state index is -1.31. The van der Waals surface area contributed by atoms with Crippen LogP contribution < -0.4 is 0 Å². The molecular formula is C14H16F3NO2. The average molecular weight is 287 g/mol. The Morgan fingerprint density at radius 2 is 1.55 bits per heavy atom. The molecule has 1 heterocycles. The topological polar surface area (TPSA) is 40.5 Å². The van der Waals surface area contributed by atoms with E-state index in [1.54, 1.807) is 4.90 Å². The molecule has 0 aromatic heterocycles. The maximum atomic E-state index is 13.8. The lowest BCUT2D eigenvalue weighted by molar-refractivity contribution is -0.143. The van der Waals surface area contributed by atoms with Crippen LogP contribution in [0.25, 0.3) is 0 Å². The zero-order chi connectivity index (χ0) is 14.7. The number of hydrogen-bond donors (Lipinski definition) is 1. The third-order valence-corrected chi connectivity index (χ3v) is 3.57. The number of carbonyl (C=O) groups is 1. The molecule has 1 saturated heterocycles. The van der Waals surface area contributed by atoms with Crippen molar-refractivity contribution in [1.82, 2.24) is 4.90 Å². The monoisotopic (exact) mass is 287 g/mol. The first-order chi connectivity index (χ1) is 9.50. The molecule has 0 aliphatic carbocycles. The molecule has 1 unspecified atom stereocenters. The summed E-state index contributed by atoms with van der Waals surface area (Å²) < 4.78 is 40.0. The number of nitrogens with zero attached hydrogens (tertiary/aromatic N) is 1. The molecule has 0 bridgehead atoms. The first-order valence-corrected chi connectivity index (χ1v) is 6.62. The van der Waals surface area contributed by atoms with Gasteiger partial charge in [0, 0.05) is 11.6 Å². The zero-order valence-corrected chi connectivity index (χ0v) is 10.9. The summed E-state index contributed by atoms with van der Waals surface area (Å²) in [4.78, 5) is 13.1. The van der Waals surface area contributed by atoms with Gasteiger partial charge in [0.1, 0.15) is 11.9 Å². The van der Waals surface area contributed by atoms with Crippen molar-refractivity contribution in [2.75, 3.05) is 13.1 Å². The van der Waals surface area contributed by atoms with Crippen molar-refractivity contribution < 1.29 is 23.1 Å². The van der Waals surface area contributed by atoms with E-state index in [1.165, 1.54) is 0 Å². The molecule has 0 saturated carbocycles. The van der Waals surface area contributed by atoms with Gasteiger partial charge < -0.3 is 5.11 Å². The molecule has 1 fully saturated rings. The highest BCUT2D eigenvalue weighted by Crippen LogP contribution is 2.28. The molecule has 0 spiro atoms. The summed E-state index contributed by atoms with van der Waals surface area (Å²) in [6.07, 6.45) is 3.61. The molecule has 0 radical (unpaired) electrons. The van der Waals surface area contributed by atoms with Crippen LogP contribution in [-0.2, 0) is 4.79 Å². The molecule has 3 nitrogen and oxygen atoms in total. The lowest BCUT2D eigenvalue weighted by Crippen LogP contribution is -2.35. The average Bonchev–Trinajstić information content (AvgIpc) is 2.64. The molecule has 1 atom stereocenters. The van der Waals surface area contributed by atoms with Gasteiger partial charge in [-0.3, -0.25) is 9.69 Å². The van der Waals surface area contributed by atoms with E-state index >= 15 is 0 Å². The second kappa shape index (κ2) is 6.26. The maximum Gasteiger partial charge on any atom is 0.325 e. The first-order valence-electron chi connectivity index (χ1n) is 6.62. The van der Waals surface area contributed by atoms with Gasteiger partial charge >= 0.3 is 5.97 Å². The van der Waals surface area contributed by atoms with Crippen molar-refractivity contribution in [2.24, 2.45) is 0 Å². The van der Waals surface area contributed by atoms with Gasteiger partial charge in [-0.05, 0) is 32.0 Å². The first kappa shape index (κ1) is 14.8. The normalized spacial score (nSPS) is 18.6. The van der Waals surface area contributed by atoms with Crippen molar-refractivity contribution in [1.29, 1.82) is 0 Å². The van der Waals surface area contributed by atoms with Gasteiger partial charge in [0.15, 0.2) is 11.6 Å². The Labute approximate surface area is 115 Å². The number of rotatable bonds is 3. The fraction of sp³-hybridized carbons (Fsp3) is 0.500. The van der Waals surface area contributed by atoms with Crippen LogP contribution in [0.4, 0.5) is 13.2 Å². The van der Waals surface area contributed by atoms with Gasteiger partial charge in [0.05, 0.1) is 0 Å². The standard InChI is InChI=1S/C14H16F3NO2/c15-10-8-12(17)11(16)7-9(10)13(14(19)20)18-5-3-1-2-4-6-18/h7-8,13H,1-6H2,(H,19,20). The van der Waals surface area contributed by atoms with Gasteiger partial charge in [-0.1, -0.05) is 12.8 Å². The number of likely N-dealkylation sites (tertiary alicyclic amines) is 1. The Morgan fingerprint density at radius 1 is 1.00 bits per heavy atom. The van der Waals surface area contributed by atoms with Crippen LogP contribution in [0.2, 0.25) is 0 Å². The molecular weight excluding hydrogens is 271 g/mol. The molecule has 0 amide bonds. The van der Waals surface area contributed by atoms with Gasteiger partial charge in [-0.2, -0.15) is 0 Å². The van der Waals surface area contributed by atoms with Crippen molar-refractivity contribution in [3.8, 4) is 0 Å². The largest absolute Gasteiger partial charge is 0.480 e. The van der Waals surface area contributed by atoms with Crippen molar-refractivity contribution >= 4 is 5.97 Å². The van der Waals surface area contributed by atoms with Crippen LogP contribution in [0.3, 0.4) is 0 Å². The third kappa shape index (κ3) is 3.12. The zero-order valence-electron chi connectivity index (χ0n) is 10.9. The van der Waals surface area contributed by atoms with E-state index in [4.69, 9.17) is 0 Å². The highest BCUT2D eigenvalue weighted by atomic mass is 19.2. The molecule has 1 aliphatic rings. The molecule has 1 aromatic carbocycles. The van der Waals surface area contributed by atoms with Gasteiger partial charge in [-0.15, -0.1) is 0 Å². The van der Waals surface area contributed by atoms with Crippen LogP contribution in [0.5, 0.6) is 0 Å². The fourth-order valence-electron chi connectivity index (χ4n) is 2.59. The summed E-state index contributed by atoms with van der Waals surface area (Å²) >= 11 is 0. The fourth-order valence-corrected chi connectivity index (χ4v) is 2.59. The number of benzene rings is 1. The number of carboxylic acid groups (broad SMARTS) is 1. The van der Waals surface area contributed by atoms with E-state index in [0.717, 1.165) is 25.7 Å². The minimum absolute atomic E-state index is 0.321. The SMILES string of the molecule is O=C(O)C(c1cc(F)c(F)cc1F)N1CCCCCC1. The smallest absolute Gasteiger partial charge is 0.325 e. The van der Waals surface area contributed by atoms with E-state index in [2.05, 4.69) is 0 Å². The predicted molar refractivity (Wildman–Crippen MR) is 66.7 cm³/mol. The number of hydrogen-bond acceptors (Lipinski definition) is 2. The Balaban J connectivity index is 2.37. The van der Waals surface area contributed by atoms with Gasteiger partial charge in [-0.25, -0.2) is 13.2 Å².